The molecule has 0 saturated heterocycles. The number of hydrogen-bond donors (Lipinski definition) is 3. The summed E-state index contributed by atoms with van der Waals surface area (Å²) in [5.74, 6) is 0.641. The molecule has 13 heavy (non-hydrogen) atoms. The highest BCUT2D eigenvalue weighted by Crippen LogP contribution is 2.12. The molecule has 1 rings (SSSR count). The van der Waals surface area contributed by atoms with Crippen molar-refractivity contribution in [1.82, 2.24) is 15.0 Å². The van der Waals surface area contributed by atoms with Gasteiger partial charge in [0.2, 0.25) is 17.8 Å². The van der Waals surface area contributed by atoms with Crippen molar-refractivity contribution in [2.45, 2.75) is 19.1 Å². The van der Waals surface area contributed by atoms with Gasteiger partial charge in [-0.2, -0.15) is 15.0 Å². The minimum atomic E-state index is 0.124. The van der Waals surface area contributed by atoms with Crippen LogP contribution in [-0.4, -0.2) is 20.2 Å². The average Bonchev–Trinajstić information content (AvgIpc) is 1.99. The molecular weight excluding hydrogens is 188 g/mol. The van der Waals surface area contributed by atoms with Crippen molar-refractivity contribution in [2.75, 3.05) is 16.2 Å². The molecule has 0 spiro atoms. The summed E-state index contributed by atoms with van der Waals surface area (Å²) >= 11 is 1.49. The maximum absolute atomic E-state index is 5.37. The quantitative estimate of drug-likeness (QED) is 0.610. The summed E-state index contributed by atoms with van der Waals surface area (Å²) in [4.78, 5) is 11.3. The monoisotopic (exact) mass is 200 g/mol. The van der Waals surface area contributed by atoms with Crippen LogP contribution in [0.4, 0.5) is 17.8 Å². The van der Waals surface area contributed by atoms with Gasteiger partial charge >= 0.3 is 0 Å². The van der Waals surface area contributed by atoms with Gasteiger partial charge in [0.15, 0.2) is 0 Å². The van der Waals surface area contributed by atoms with E-state index < -0.39 is 0 Å². The predicted molar refractivity (Wildman–Crippen MR) is 55.0 cm³/mol. The molecule has 0 atom stereocenters. The number of aromatic nitrogens is 3. The van der Waals surface area contributed by atoms with Crippen molar-refractivity contribution in [1.29, 1.82) is 0 Å². The summed E-state index contributed by atoms with van der Waals surface area (Å²) in [5.41, 5.74) is 10.7. The zero-order valence-electron chi connectivity index (χ0n) is 7.48. The molecule has 5 N–H and O–H groups in total. The van der Waals surface area contributed by atoms with Crippen LogP contribution in [0, 0.1) is 0 Å². The Labute approximate surface area is 80.7 Å². The Morgan fingerprint density at radius 1 is 1.15 bits per heavy atom. The zero-order chi connectivity index (χ0) is 9.84. The van der Waals surface area contributed by atoms with Gasteiger partial charge < -0.3 is 11.5 Å². The second kappa shape index (κ2) is 4.13. The van der Waals surface area contributed by atoms with E-state index in [0.29, 0.717) is 11.2 Å². The number of nitrogens with zero attached hydrogens (tertiary/aromatic N) is 3. The van der Waals surface area contributed by atoms with Gasteiger partial charge in [-0.3, -0.25) is 4.72 Å². The summed E-state index contributed by atoms with van der Waals surface area (Å²) in [7, 11) is 0. The molecule has 72 valence electrons. The first-order valence-corrected chi connectivity index (χ1v) is 4.64. The Balaban J connectivity index is 2.66. The number of anilines is 3. The fourth-order valence-electron chi connectivity index (χ4n) is 0.626. The van der Waals surface area contributed by atoms with Crippen molar-refractivity contribution in [3.8, 4) is 0 Å². The maximum atomic E-state index is 5.37. The predicted octanol–water partition coefficient (Wildman–Crippen LogP) is 0.504. The lowest BCUT2D eigenvalue weighted by atomic mass is 10.6. The largest absolute Gasteiger partial charge is 0.368 e. The lowest BCUT2D eigenvalue weighted by Gasteiger charge is -2.06. The van der Waals surface area contributed by atoms with Crippen molar-refractivity contribution in [2.24, 2.45) is 0 Å². The van der Waals surface area contributed by atoms with Gasteiger partial charge in [-0.25, -0.2) is 0 Å². The molecular formula is C6H12N6S. The summed E-state index contributed by atoms with van der Waals surface area (Å²) in [6.07, 6.45) is 0. The van der Waals surface area contributed by atoms with Gasteiger partial charge in [0.25, 0.3) is 0 Å². The topological polar surface area (TPSA) is 103 Å². The maximum Gasteiger partial charge on any atom is 0.239 e. The van der Waals surface area contributed by atoms with Crippen LogP contribution in [0.3, 0.4) is 0 Å². The van der Waals surface area contributed by atoms with Gasteiger partial charge in [-0.05, 0) is 11.9 Å². The van der Waals surface area contributed by atoms with E-state index >= 15 is 0 Å². The lowest BCUT2D eigenvalue weighted by molar-refractivity contribution is 1.08. The SMILES string of the molecule is CC(C)SNc1nc(N)nc(N)n1. The van der Waals surface area contributed by atoms with E-state index in [0.717, 1.165) is 0 Å². The van der Waals surface area contributed by atoms with Gasteiger partial charge in [0.1, 0.15) is 0 Å². The van der Waals surface area contributed by atoms with Gasteiger partial charge in [0, 0.05) is 5.25 Å². The molecule has 0 unspecified atom stereocenters. The highest BCUT2D eigenvalue weighted by molar-refractivity contribution is 8.01. The second-order valence-corrected chi connectivity index (χ2v) is 4.03. The summed E-state index contributed by atoms with van der Waals surface area (Å²) in [6.45, 7) is 4.09. The van der Waals surface area contributed by atoms with Crippen LogP contribution in [0.2, 0.25) is 0 Å². The molecule has 0 aliphatic carbocycles. The minimum Gasteiger partial charge on any atom is -0.368 e. The Morgan fingerprint density at radius 2 is 1.69 bits per heavy atom. The first-order valence-electron chi connectivity index (χ1n) is 3.76. The fraction of sp³-hybridized carbons (Fsp3) is 0.500. The van der Waals surface area contributed by atoms with Crippen LogP contribution >= 0.6 is 11.9 Å². The Bertz CT molecular complexity index is 268. The van der Waals surface area contributed by atoms with Crippen molar-refractivity contribution >= 4 is 29.8 Å². The number of hydrogen-bond acceptors (Lipinski definition) is 7. The van der Waals surface area contributed by atoms with Gasteiger partial charge in [0.05, 0.1) is 0 Å². The Morgan fingerprint density at radius 3 is 2.15 bits per heavy atom. The molecule has 0 aliphatic rings. The van der Waals surface area contributed by atoms with Gasteiger partial charge in [-0.15, -0.1) is 0 Å². The van der Waals surface area contributed by atoms with Crippen LogP contribution in [0.1, 0.15) is 13.8 Å². The van der Waals surface area contributed by atoms with Crippen LogP contribution < -0.4 is 16.2 Å². The lowest BCUT2D eigenvalue weighted by Crippen LogP contribution is -2.06. The van der Waals surface area contributed by atoms with E-state index in [1.807, 2.05) is 13.8 Å². The average molecular weight is 200 g/mol. The van der Waals surface area contributed by atoms with Crippen LogP contribution in [0.15, 0.2) is 0 Å². The third-order valence-corrected chi connectivity index (χ3v) is 1.83. The van der Waals surface area contributed by atoms with E-state index in [1.54, 1.807) is 0 Å². The van der Waals surface area contributed by atoms with Crippen LogP contribution in [0.25, 0.3) is 0 Å². The molecule has 7 heteroatoms. The van der Waals surface area contributed by atoms with Crippen LogP contribution in [0.5, 0.6) is 0 Å². The summed E-state index contributed by atoms with van der Waals surface area (Å²) < 4.78 is 2.92. The summed E-state index contributed by atoms with van der Waals surface area (Å²) in [5, 5.41) is 0.430. The van der Waals surface area contributed by atoms with Crippen molar-refractivity contribution < 1.29 is 0 Å². The van der Waals surface area contributed by atoms with Crippen molar-refractivity contribution in [3.63, 3.8) is 0 Å². The standard InChI is InChI=1S/C6H12N6S/c1-3(2)13-12-6-10-4(7)9-5(8)11-6/h3H,1-2H3,(H5,7,8,9,10,11,12). The molecule has 1 aromatic heterocycles. The first-order chi connectivity index (χ1) is 6.08. The smallest absolute Gasteiger partial charge is 0.239 e. The molecule has 0 aromatic carbocycles. The fourth-order valence-corrected chi connectivity index (χ4v) is 1.06. The Kier molecular flexibility index (Phi) is 3.13. The van der Waals surface area contributed by atoms with E-state index in [9.17, 15) is 0 Å². The molecule has 0 aliphatic heterocycles. The molecule has 0 radical (unpaired) electrons. The zero-order valence-corrected chi connectivity index (χ0v) is 8.30. The Hall–Kier alpha value is -1.24. The first kappa shape index (κ1) is 9.85. The third-order valence-electron chi connectivity index (χ3n) is 1.06. The normalized spacial score (nSPS) is 10.4. The highest BCUT2D eigenvalue weighted by Gasteiger charge is 2.01. The minimum absolute atomic E-state index is 0.124. The van der Waals surface area contributed by atoms with E-state index in [-0.39, 0.29) is 11.9 Å². The number of rotatable bonds is 3. The molecule has 0 amide bonds. The van der Waals surface area contributed by atoms with Gasteiger partial charge in [-0.1, -0.05) is 13.8 Å². The molecule has 6 nitrogen and oxygen atoms in total. The summed E-state index contributed by atoms with van der Waals surface area (Å²) in [6, 6.07) is 0. The molecule has 1 aromatic rings. The van der Waals surface area contributed by atoms with E-state index in [2.05, 4.69) is 19.7 Å². The third kappa shape index (κ3) is 3.32. The molecule has 1 heterocycles. The number of nitrogens with one attached hydrogen (secondary N) is 1. The van der Waals surface area contributed by atoms with E-state index in [1.165, 1.54) is 11.9 Å². The number of nitrogen functional groups attached to an aromatic ring is 2. The highest BCUT2D eigenvalue weighted by atomic mass is 32.2. The molecule has 0 fully saturated rings. The van der Waals surface area contributed by atoms with Crippen molar-refractivity contribution in [3.05, 3.63) is 0 Å². The molecule has 0 bridgehead atoms. The van der Waals surface area contributed by atoms with Crippen LogP contribution in [-0.2, 0) is 0 Å². The molecule has 0 saturated carbocycles. The van der Waals surface area contributed by atoms with E-state index in [4.69, 9.17) is 11.5 Å². The number of nitrogens with two attached hydrogens (primary N) is 2. The second-order valence-electron chi connectivity index (χ2n) is 2.64.